The highest BCUT2D eigenvalue weighted by Crippen LogP contribution is 2.28. The van der Waals surface area contributed by atoms with Gasteiger partial charge in [-0.15, -0.1) is 0 Å². The van der Waals surface area contributed by atoms with Gasteiger partial charge in [0.25, 0.3) is 5.91 Å². The summed E-state index contributed by atoms with van der Waals surface area (Å²) in [5.41, 5.74) is 1.88. The third-order valence-electron chi connectivity index (χ3n) is 4.74. The predicted octanol–water partition coefficient (Wildman–Crippen LogP) is 1.67. The van der Waals surface area contributed by atoms with Crippen LogP contribution >= 0.6 is 0 Å². The quantitative estimate of drug-likeness (QED) is 0.731. The van der Waals surface area contributed by atoms with E-state index in [1.165, 1.54) is 0 Å². The molecule has 1 aliphatic rings. The van der Waals surface area contributed by atoms with Crippen molar-refractivity contribution in [1.29, 1.82) is 0 Å². The van der Waals surface area contributed by atoms with Crippen LogP contribution < -0.4 is 15.4 Å². The molecule has 0 aromatic carbocycles. The van der Waals surface area contributed by atoms with Crippen molar-refractivity contribution in [1.82, 2.24) is 25.8 Å². The summed E-state index contributed by atoms with van der Waals surface area (Å²) < 4.78 is 6.25. The molecule has 0 bridgehead atoms. The standard InChI is InChI=1S/C19H27N5O2/c1-13(11-16-12-14(2)23-24-16)22-18(25)19(6-9-20-10-7-19)26-17-5-4-8-21-15(17)3/h4-5,8,12-13,20H,6-7,9-11H2,1-3H3,(H,22,25)(H,23,24). The van der Waals surface area contributed by atoms with Crippen LogP contribution in [-0.2, 0) is 11.2 Å². The number of ether oxygens (including phenoxy) is 1. The molecular weight excluding hydrogens is 330 g/mol. The van der Waals surface area contributed by atoms with E-state index in [0.29, 0.717) is 25.0 Å². The molecule has 1 saturated heterocycles. The van der Waals surface area contributed by atoms with Crippen molar-refractivity contribution in [3.8, 4) is 5.75 Å². The van der Waals surface area contributed by atoms with Crippen LogP contribution in [0.2, 0.25) is 0 Å². The van der Waals surface area contributed by atoms with Gasteiger partial charge in [0.2, 0.25) is 0 Å². The molecule has 7 heteroatoms. The Bertz CT molecular complexity index is 752. The SMILES string of the molecule is Cc1cc(CC(C)NC(=O)C2(Oc3cccnc3C)CCNCC2)n[nH]1. The first-order valence-electron chi connectivity index (χ1n) is 9.12. The average Bonchev–Trinajstić information content (AvgIpc) is 3.02. The van der Waals surface area contributed by atoms with Crippen LogP contribution in [0.1, 0.15) is 36.8 Å². The Morgan fingerprint density at radius 2 is 2.15 bits per heavy atom. The zero-order valence-electron chi connectivity index (χ0n) is 15.6. The molecule has 1 amide bonds. The smallest absolute Gasteiger partial charge is 0.264 e. The van der Waals surface area contributed by atoms with Gasteiger partial charge in [0.15, 0.2) is 5.60 Å². The van der Waals surface area contributed by atoms with Crippen molar-refractivity contribution < 1.29 is 9.53 Å². The summed E-state index contributed by atoms with van der Waals surface area (Å²) in [4.78, 5) is 17.4. The molecule has 3 N–H and O–H groups in total. The molecule has 0 aliphatic carbocycles. The minimum absolute atomic E-state index is 0.0319. The highest BCUT2D eigenvalue weighted by atomic mass is 16.5. The fraction of sp³-hybridized carbons (Fsp3) is 0.526. The lowest BCUT2D eigenvalue weighted by atomic mass is 9.90. The lowest BCUT2D eigenvalue weighted by Crippen LogP contribution is -2.58. The summed E-state index contributed by atoms with van der Waals surface area (Å²) in [6.07, 6.45) is 3.66. The Hall–Kier alpha value is -2.41. The third kappa shape index (κ3) is 4.22. The Morgan fingerprint density at radius 3 is 2.81 bits per heavy atom. The van der Waals surface area contributed by atoms with Gasteiger partial charge in [0.05, 0.1) is 11.4 Å². The highest BCUT2D eigenvalue weighted by Gasteiger charge is 2.42. The first-order chi connectivity index (χ1) is 12.5. The molecule has 3 heterocycles. The Balaban J connectivity index is 1.72. The topological polar surface area (TPSA) is 91.9 Å². The molecule has 26 heavy (non-hydrogen) atoms. The maximum absolute atomic E-state index is 13.1. The van der Waals surface area contributed by atoms with Crippen LogP contribution in [0.5, 0.6) is 5.75 Å². The van der Waals surface area contributed by atoms with Crippen molar-refractivity contribution >= 4 is 5.91 Å². The van der Waals surface area contributed by atoms with Crippen LogP contribution in [0.3, 0.4) is 0 Å². The van der Waals surface area contributed by atoms with Crippen LogP contribution in [0.4, 0.5) is 0 Å². The Kier molecular flexibility index (Phi) is 5.56. The normalized spacial score (nSPS) is 17.5. The van der Waals surface area contributed by atoms with Gasteiger partial charge >= 0.3 is 0 Å². The molecular formula is C19H27N5O2. The molecule has 1 atom stereocenters. The monoisotopic (exact) mass is 357 g/mol. The van der Waals surface area contributed by atoms with Gasteiger partial charge in [-0.3, -0.25) is 14.9 Å². The summed E-state index contributed by atoms with van der Waals surface area (Å²) >= 11 is 0. The first kappa shape index (κ1) is 18.4. The van der Waals surface area contributed by atoms with Crippen LogP contribution in [0.15, 0.2) is 24.4 Å². The zero-order chi connectivity index (χ0) is 18.6. The van der Waals surface area contributed by atoms with Crippen molar-refractivity contribution in [3.05, 3.63) is 41.5 Å². The van der Waals surface area contributed by atoms with Crippen LogP contribution in [0.25, 0.3) is 0 Å². The number of hydrogen-bond acceptors (Lipinski definition) is 5. The summed E-state index contributed by atoms with van der Waals surface area (Å²) in [5.74, 6) is 0.599. The number of aromatic nitrogens is 3. The van der Waals surface area contributed by atoms with Crippen LogP contribution in [0, 0.1) is 13.8 Å². The van der Waals surface area contributed by atoms with E-state index < -0.39 is 5.60 Å². The van der Waals surface area contributed by atoms with Crippen molar-refractivity contribution in [2.75, 3.05) is 13.1 Å². The second-order valence-electron chi connectivity index (χ2n) is 7.05. The second kappa shape index (κ2) is 7.86. The van der Waals surface area contributed by atoms with E-state index in [4.69, 9.17) is 4.74 Å². The van der Waals surface area contributed by atoms with Crippen molar-refractivity contribution in [3.63, 3.8) is 0 Å². The number of nitrogens with one attached hydrogen (secondary N) is 3. The molecule has 2 aromatic rings. The van der Waals surface area contributed by atoms with E-state index in [9.17, 15) is 4.79 Å². The van der Waals surface area contributed by atoms with Gasteiger partial charge in [-0.2, -0.15) is 5.10 Å². The van der Waals surface area contributed by atoms with E-state index in [2.05, 4.69) is 25.8 Å². The third-order valence-corrected chi connectivity index (χ3v) is 4.74. The van der Waals surface area contributed by atoms with E-state index in [1.807, 2.05) is 39.0 Å². The summed E-state index contributed by atoms with van der Waals surface area (Å²) in [5, 5.41) is 13.6. The van der Waals surface area contributed by atoms with E-state index in [0.717, 1.165) is 30.2 Å². The number of piperidine rings is 1. The predicted molar refractivity (Wildman–Crippen MR) is 99.1 cm³/mol. The zero-order valence-corrected chi connectivity index (χ0v) is 15.6. The number of carbonyl (C=O) groups excluding carboxylic acids is 1. The number of aryl methyl sites for hydroxylation is 2. The molecule has 0 radical (unpaired) electrons. The number of pyridine rings is 1. The van der Waals surface area contributed by atoms with Gasteiger partial charge in [-0.05, 0) is 52.1 Å². The highest BCUT2D eigenvalue weighted by molar-refractivity contribution is 5.86. The summed E-state index contributed by atoms with van der Waals surface area (Å²) in [6, 6.07) is 5.67. The molecule has 1 unspecified atom stereocenters. The van der Waals surface area contributed by atoms with E-state index >= 15 is 0 Å². The number of aromatic amines is 1. The van der Waals surface area contributed by atoms with Gasteiger partial charge in [-0.25, -0.2) is 0 Å². The largest absolute Gasteiger partial charge is 0.475 e. The van der Waals surface area contributed by atoms with E-state index in [-0.39, 0.29) is 11.9 Å². The molecule has 7 nitrogen and oxygen atoms in total. The lowest BCUT2D eigenvalue weighted by Gasteiger charge is -2.37. The number of hydrogen-bond donors (Lipinski definition) is 3. The minimum atomic E-state index is -0.866. The van der Waals surface area contributed by atoms with Gasteiger partial charge < -0.3 is 15.4 Å². The fourth-order valence-corrected chi connectivity index (χ4v) is 3.29. The fourth-order valence-electron chi connectivity index (χ4n) is 3.29. The average molecular weight is 357 g/mol. The van der Waals surface area contributed by atoms with Crippen molar-refractivity contribution in [2.24, 2.45) is 0 Å². The summed E-state index contributed by atoms with van der Waals surface area (Å²) in [7, 11) is 0. The Morgan fingerprint density at radius 1 is 1.38 bits per heavy atom. The molecule has 0 spiro atoms. The maximum Gasteiger partial charge on any atom is 0.264 e. The maximum atomic E-state index is 13.1. The van der Waals surface area contributed by atoms with Gasteiger partial charge in [-0.1, -0.05) is 0 Å². The van der Waals surface area contributed by atoms with Gasteiger partial charge in [0.1, 0.15) is 5.75 Å². The molecule has 0 saturated carbocycles. The Labute approximate surface area is 153 Å². The molecule has 3 rings (SSSR count). The molecule has 1 fully saturated rings. The van der Waals surface area contributed by atoms with Gasteiger partial charge in [0, 0.05) is 37.2 Å². The van der Waals surface area contributed by atoms with Crippen LogP contribution in [-0.4, -0.2) is 45.8 Å². The van der Waals surface area contributed by atoms with Crippen molar-refractivity contribution in [2.45, 2.75) is 51.7 Å². The number of rotatable bonds is 6. The number of nitrogens with zero attached hydrogens (tertiary/aromatic N) is 2. The number of H-pyrrole nitrogens is 1. The summed E-state index contributed by atoms with van der Waals surface area (Å²) in [6.45, 7) is 7.35. The van der Waals surface area contributed by atoms with E-state index in [1.54, 1.807) is 6.20 Å². The second-order valence-corrected chi connectivity index (χ2v) is 7.05. The minimum Gasteiger partial charge on any atom is -0.475 e. The number of amides is 1. The lowest BCUT2D eigenvalue weighted by molar-refractivity contribution is -0.140. The number of carbonyl (C=O) groups is 1. The molecule has 2 aromatic heterocycles. The molecule has 140 valence electrons. The molecule has 1 aliphatic heterocycles. The first-order valence-corrected chi connectivity index (χ1v) is 9.12.